The molecule has 0 unspecified atom stereocenters. The fraction of sp³-hybridized carbons (Fsp3) is 0.516. The van der Waals surface area contributed by atoms with Crippen LogP contribution in [-0.2, 0) is 15.7 Å². The highest BCUT2D eigenvalue weighted by molar-refractivity contribution is 6.04. The molecule has 1 saturated heterocycles. The van der Waals surface area contributed by atoms with E-state index in [1.165, 1.54) is 23.1 Å². The summed E-state index contributed by atoms with van der Waals surface area (Å²) in [6.45, 7) is 11.3. The molecule has 1 aliphatic heterocycles. The lowest BCUT2D eigenvalue weighted by Gasteiger charge is -2.36. The number of benzene rings is 2. The van der Waals surface area contributed by atoms with Gasteiger partial charge in [0.2, 0.25) is 0 Å². The molecule has 1 aliphatic carbocycles. The van der Waals surface area contributed by atoms with Crippen LogP contribution < -0.4 is 5.32 Å². The lowest BCUT2D eigenvalue weighted by atomic mass is 9.95. The van der Waals surface area contributed by atoms with Crippen molar-refractivity contribution in [2.75, 3.05) is 31.5 Å². The molecule has 42 heavy (non-hydrogen) atoms. The number of carbonyl (C=O) groups is 3. The van der Waals surface area contributed by atoms with E-state index in [4.69, 9.17) is 9.47 Å². The van der Waals surface area contributed by atoms with Crippen LogP contribution in [0.5, 0.6) is 0 Å². The van der Waals surface area contributed by atoms with Crippen molar-refractivity contribution in [2.45, 2.75) is 77.7 Å². The molecule has 1 N–H and O–H groups in total. The van der Waals surface area contributed by atoms with Crippen LogP contribution in [0.15, 0.2) is 36.4 Å². The summed E-state index contributed by atoms with van der Waals surface area (Å²) in [5.74, 6) is -0.345. The Labute approximate surface area is 244 Å². The van der Waals surface area contributed by atoms with Crippen LogP contribution in [0.3, 0.4) is 0 Å². The van der Waals surface area contributed by atoms with Crippen molar-refractivity contribution in [1.82, 2.24) is 9.80 Å². The summed E-state index contributed by atoms with van der Waals surface area (Å²) in [7, 11) is 0. The Hall–Kier alpha value is -3.76. The number of hydrogen-bond donors (Lipinski definition) is 1. The van der Waals surface area contributed by atoms with Crippen LogP contribution in [0, 0.1) is 0 Å². The number of alkyl halides is 3. The molecule has 2 aromatic rings. The zero-order valence-electron chi connectivity index (χ0n) is 24.9. The molecule has 1 saturated carbocycles. The lowest BCUT2D eigenvalue weighted by molar-refractivity contribution is -0.137. The van der Waals surface area contributed by atoms with E-state index in [2.05, 4.69) is 5.32 Å². The number of halogens is 3. The van der Waals surface area contributed by atoms with Gasteiger partial charge in [0, 0.05) is 26.2 Å². The molecule has 0 spiro atoms. The first-order chi connectivity index (χ1) is 19.4. The number of anilines is 1. The third-order valence-corrected chi connectivity index (χ3v) is 6.77. The average Bonchev–Trinajstić information content (AvgIpc) is 3.71. The van der Waals surface area contributed by atoms with Crippen molar-refractivity contribution in [3.8, 4) is 11.1 Å². The minimum Gasteiger partial charge on any atom is -0.444 e. The van der Waals surface area contributed by atoms with Gasteiger partial charge < -0.3 is 19.3 Å². The molecule has 1 heterocycles. The van der Waals surface area contributed by atoms with E-state index in [0.29, 0.717) is 16.7 Å². The Morgan fingerprint density at radius 1 is 0.786 bits per heavy atom. The molecular formula is C31H38F3N3O5. The first-order valence-corrected chi connectivity index (χ1v) is 14.0. The maximum Gasteiger partial charge on any atom is 0.416 e. The number of nitrogens with zero attached hydrogens (tertiary/aromatic N) is 2. The van der Waals surface area contributed by atoms with Gasteiger partial charge in [-0.3, -0.25) is 10.1 Å². The molecule has 228 valence electrons. The van der Waals surface area contributed by atoms with Crippen LogP contribution in [0.4, 0.5) is 28.4 Å². The monoisotopic (exact) mass is 589 g/mol. The van der Waals surface area contributed by atoms with E-state index in [1.807, 2.05) is 0 Å². The van der Waals surface area contributed by atoms with Gasteiger partial charge in [-0.25, -0.2) is 9.59 Å². The van der Waals surface area contributed by atoms with E-state index in [0.717, 1.165) is 18.9 Å². The molecule has 0 bridgehead atoms. The van der Waals surface area contributed by atoms with E-state index < -0.39 is 41.0 Å². The second-order valence-electron chi connectivity index (χ2n) is 12.8. The SMILES string of the molecule is CC(C)(C)OC(=O)Nc1ccc(-c2cc(C3CC3)cc(C(F)(F)F)c2)cc1C(=O)N1CCN(C(=O)OC(C)(C)C)CC1. The number of rotatable bonds is 4. The van der Waals surface area contributed by atoms with Gasteiger partial charge in [-0.15, -0.1) is 0 Å². The Bertz CT molecular complexity index is 1350. The number of carbonyl (C=O) groups excluding carboxylic acids is 3. The number of hydrogen-bond acceptors (Lipinski definition) is 5. The summed E-state index contributed by atoms with van der Waals surface area (Å²) in [6.07, 6.45) is -4.10. The minimum atomic E-state index is -4.52. The predicted molar refractivity (Wildman–Crippen MR) is 152 cm³/mol. The first-order valence-electron chi connectivity index (χ1n) is 14.0. The van der Waals surface area contributed by atoms with Crippen LogP contribution in [0.25, 0.3) is 11.1 Å². The molecule has 8 nitrogen and oxygen atoms in total. The van der Waals surface area contributed by atoms with Crippen molar-refractivity contribution in [3.63, 3.8) is 0 Å². The highest BCUT2D eigenvalue weighted by Crippen LogP contribution is 2.44. The summed E-state index contributed by atoms with van der Waals surface area (Å²) in [6, 6.07) is 8.58. The highest BCUT2D eigenvalue weighted by atomic mass is 19.4. The van der Waals surface area contributed by atoms with E-state index >= 15 is 0 Å². The smallest absolute Gasteiger partial charge is 0.416 e. The van der Waals surface area contributed by atoms with Crippen molar-refractivity contribution < 1.29 is 37.0 Å². The molecule has 2 fully saturated rings. The normalized spacial score (nSPS) is 16.2. The molecular weight excluding hydrogens is 551 g/mol. The summed E-state index contributed by atoms with van der Waals surface area (Å²) < 4.78 is 52.1. The van der Waals surface area contributed by atoms with Crippen molar-refractivity contribution in [3.05, 3.63) is 53.1 Å². The summed E-state index contributed by atoms with van der Waals surface area (Å²) in [5, 5.41) is 2.62. The number of amides is 3. The largest absolute Gasteiger partial charge is 0.444 e. The van der Waals surface area contributed by atoms with E-state index in [1.54, 1.807) is 58.6 Å². The maximum absolute atomic E-state index is 13.8. The van der Waals surface area contributed by atoms with Crippen molar-refractivity contribution in [1.29, 1.82) is 0 Å². The van der Waals surface area contributed by atoms with Crippen molar-refractivity contribution in [2.24, 2.45) is 0 Å². The molecule has 0 radical (unpaired) electrons. The fourth-order valence-corrected chi connectivity index (χ4v) is 4.65. The number of ether oxygens (including phenoxy) is 2. The molecule has 2 aromatic carbocycles. The molecule has 2 aliphatic rings. The maximum atomic E-state index is 13.8. The Morgan fingerprint density at radius 3 is 1.93 bits per heavy atom. The third kappa shape index (κ3) is 8.17. The second kappa shape index (κ2) is 11.5. The molecule has 0 atom stereocenters. The topological polar surface area (TPSA) is 88.2 Å². The van der Waals surface area contributed by atoms with Gasteiger partial charge >= 0.3 is 18.4 Å². The summed E-state index contributed by atoms with van der Waals surface area (Å²) in [5.41, 5.74) is -0.561. The first kappa shape index (κ1) is 31.2. The van der Waals surface area contributed by atoms with Crippen molar-refractivity contribution >= 4 is 23.8 Å². The standard InChI is InChI=1S/C31H38F3N3O5/c1-29(2,3)41-27(39)35-25-10-9-20(22-15-21(19-7-8-19)16-23(17-22)31(32,33)34)18-24(25)26(38)36-11-13-37(14-12-36)28(40)42-30(4,5)6/h9-10,15-19H,7-8,11-14H2,1-6H3,(H,35,39). The molecule has 3 amide bonds. The quantitative estimate of drug-likeness (QED) is 0.405. The Balaban J connectivity index is 1.65. The Morgan fingerprint density at radius 2 is 1.38 bits per heavy atom. The van der Waals surface area contributed by atoms with Gasteiger partial charge in [0.25, 0.3) is 5.91 Å². The molecule has 4 rings (SSSR count). The average molecular weight is 590 g/mol. The number of piperazine rings is 1. The van der Waals surface area contributed by atoms with Crippen LogP contribution >= 0.6 is 0 Å². The van der Waals surface area contributed by atoms with Crippen LogP contribution in [0.1, 0.15) is 81.8 Å². The second-order valence-corrected chi connectivity index (χ2v) is 12.8. The fourth-order valence-electron chi connectivity index (χ4n) is 4.65. The summed E-state index contributed by atoms with van der Waals surface area (Å²) in [4.78, 5) is 42.0. The highest BCUT2D eigenvalue weighted by Gasteiger charge is 2.34. The van der Waals surface area contributed by atoms with Gasteiger partial charge in [0.1, 0.15) is 11.2 Å². The summed E-state index contributed by atoms with van der Waals surface area (Å²) >= 11 is 0. The lowest BCUT2D eigenvalue weighted by Crippen LogP contribution is -2.51. The zero-order valence-corrected chi connectivity index (χ0v) is 24.9. The van der Waals surface area contributed by atoms with Crippen LogP contribution in [-0.4, -0.2) is 65.3 Å². The van der Waals surface area contributed by atoms with Gasteiger partial charge in [0.05, 0.1) is 16.8 Å². The predicted octanol–water partition coefficient (Wildman–Crippen LogP) is 7.29. The van der Waals surface area contributed by atoms with Crippen LogP contribution in [0.2, 0.25) is 0 Å². The molecule has 0 aromatic heterocycles. The van der Waals surface area contributed by atoms with E-state index in [9.17, 15) is 27.6 Å². The zero-order chi connectivity index (χ0) is 31.0. The van der Waals surface area contributed by atoms with Gasteiger partial charge in [-0.05, 0) is 101 Å². The number of nitrogens with one attached hydrogen (secondary N) is 1. The Kier molecular flexibility index (Phi) is 8.53. The van der Waals surface area contributed by atoms with Gasteiger partial charge in [-0.1, -0.05) is 12.1 Å². The minimum absolute atomic E-state index is 0.0847. The third-order valence-electron chi connectivity index (χ3n) is 6.77. The van der Waals surface area contributed by atoms with E-state index in [-0.39, 0.29) is 43.3 Å². The van der Waals surface area contributed by atoms with Gasteiger partial charge in [0.15, 0.2) is 0 Å². The van der Waals surface area contributed by atoms with Gasteiger partial charge in [-0.2, -0.15) is 13.2 Å². The molecule has 11 heteroatoms.